The van der Waals surface area contributed by atoms with Crippen molar-refractivity contribution >= 4 is 0 Å². The Morgan fingerprint density at radius 1 is 1.20 bits per heavy atom. The van der Waals surface area contributed by atoms with Crippen LogP contribution in [0.15, 0.2) is 36.5 Å². The van der Waals surface area contributed by atoms with Crippen LogP contribution in [0.3, 0.4) is 0 Å². The SMILES string of the molecule is Cc1ccc(-n2ccc(CCN)n2)cc1. The minimum Gasteiger partial charge on any atom is -0.330 e. The van der Waals surface area contributed by atoms with Crippen LogP contribution >= 0.6 is 0 Å². The van der Waals surface area contributed by atoms with Crippen molar-refractivity contribution in [2.45, 2.75) is 13.3 Å². The molecular formula is C12H15N3. The first kappa shape index (κ1) is 9.93. The molecule has 2 rings (SSSR count). The quantitative estimate of drug-likeness (QED) is 0.821. The molecule has 78 valence electrons. The Balaban J connectivity index is 2.25. The van der Waals surface area contributed by atoms with Crippen molar-refractivity contribution in [3.8, 4) is 5.69 Å². The molecule has 3 heteroatoms. The molecule has 0 fully saturated rings. The Bertz CT molecular complexity index is 428. The van der Waals surface area contributed by atoms with Crippen LogP contribution in [0.1, 0.15) is 11.3 Å². The van der Waals surface area contributed by atoms with Crippen LogP contribution in [-0.2, 0) is 6.42 Å². The Morgan fingerprint density at radius 2 is 1.93 bits per heavy atom. The molecule has 0 amide bonds. The van der Waals surface area contributed by atoms with E-state index < -0.39 is 0 Å². The van der Waals surface area contributed by atoms with Crippen molar-refractivity contribution in [2.75, 3.05) is 6.54 Å². The lowest BCUT2D eigenvalue weighted by Gasteiger charge is -2.01. The van der Waals surface area contributed by atoms with Gasteiger partial charge in [0.25, 0.3) is 0 Å². The maximum absolute atomic E-state index is 5.48. The van der Waals surface area contributed by atoms with Gasteiger partial charge in [-0.3, -0.25) is 0 Å². The van der Waals surface area contributed by atoms with Crippen LogP contribution in [0, 0.1) is 6.92 Å². The van der Waals surface area contributed by atoms with Gasteiger partial charge < -0.3 is 5.73 Å². The first-order valence-electron chi connectivity index (χ1n) is 5.11. The lowest BCUT2D eigenvalue weighted by atomic mass is 10.2. The highest BCUT2D eigenvalue weighted by Crippen LogP contribution is 2.09. The lowest BCUT2D eigenvalue weighted by molar-refractivity contribution is 0.821. The second kappa shape index (κ2) is 4.28. The minimum atomic E-state index is 0.644. The van der Waals surface area contributed by atoms with Gasteiger partial charge in [0.05, 0.1) is 11.4 Å². The van der Waals surface area contributed by atoms with E-state index in [4.69, 9.17) is 5.73 Å². The molecule has 0 radical (unpaired) electrons. The van der Waals surface area contributed by atoms with Gasteiger partial charge in [0.1, 0.15) is 0 Å². The van der Waals surface area contributed by atoms with Gasteiger partial charge in [-0.15, -0.1) is 0 Å². The van der Waals surface area contributed by atoms with Crippen molar-refractivity contribution in [3.05, 3.63) is 47.8 Å². The Labute approximate surface area is 89.5 Å². The Morgan fingerprint density at radius 3 is 2.60 bits per heavy atom. The van der Waals surface area contributed by atoms with Crippen molar-refractivity contribution < 1.29 is 0 Å². The predicted molar refractivity (Wildman–Crippen MR) is 61.1 cm³/mol. The van der Waals surface area contributed by atoms with E-state index in [1.54, 1.807) is 0 Å². The third-order valence-corrected chi connectivity index (χ3v) is 2.34. The summed E-state index contributed by atoms with van der Waals surface area (Å²) in [5.74, 6) is 0. The smallest absolute Gasteiger partial charge is 0.0645 e. The van der Waals surface area contributed by atoms with Crippen molar-refractivity contribution in [3.63, 3.8) is 0 Å². The van der Waals surface area contributed by atoms with Crippen LogP contribution in [0.5, 0.6) is 0 Å². The van der Waals surface area contributed by atoms with Crippen LogP contribution in [0.25, 0.3) is 5.69 Å². The molecule has 0 unspecified atom stereocenters. The van der Waals surface area contributed by atoms with E-state index in [1.807, 2.05) is 16.9 Å². The normalized spacial score (nSPS) is 10.5. The fourth-order valence-corrected chi connectivity index (χ4v) is 1.48. The first-order valence-corrected chi connectivity index (χ1v) is 5.11. The summed E-state index contributed by atoms with van der Waals surface area (Å²) in [4.78, 5) is 0. The Hall–Kier alpha value is -1.61. The van der Waals surface area contributed by atoms with E-state index >= 15 is 0 Å². The highest BCUT2D eigenvalue weighted by Gasteiger charge is 1.99. The maximum atomic E-state index is 5.48. The van der Waals surface area contributed by atoms with Gasteiger partial charge in [-0.1, -0.05) is 17.7 Å². The van der Waals surface area contributed by atoms with Crippen molar-refractivity contribution in [1.82, 2.24) is 9.78 Å². The van der Waals surface area contributed by atoms with Crippen molar-refractivity contribution in [1.29, 1.82) is 0 Å². The van der Waals surface area contributed by atoms with Crippen LogP contribution in [0.4, 0.5) is 0 Å². The number of hydrogen-bond donors (Lipinski definition) is 1. The van der Waals surface area contributed by atoms with Crippen LogP contribution in [-0.4, -0.2) is 16.3 Å². The van der Waals surface area contributed by atoms with Gasteiger partial charge in [-0.05, 0) is 31.7 Å². The zero-order chi connectivity index (χ0) is 10.7. The molecule has 0 aliphatic rings. The molecule has 1 heterocycles. The van der Waals surface area contributed by atoms with Gasteiger partial charge in [0.15, 0.2) is 0 Å². The summed E-state index contributed by atoms with van der Waals surface area (Å²) < 4.78 is 1.88. The average Bonchev–Trinajstić information content (AvgIpc) is 2.68. The molecule has 1 aromatic carbocycles. The summed E-state index contributed by atoms with van der Waals surface area (Å²) in [6, 6.07) is 10.3. The predicted octanol–water partition coefficient (Wildman–Crippen LogP) is 1.68. The van der Waals surface area contributed by atoms with Gasteiger partial charge >= 0.3 is 0 Å². The number of aromatic nitrogens is 2. The van der Waals surface area contributed by atoms with Gasteiger partial charge in [-0.25, -0.2) is 4.68 Å². The molecule has 1 aromatic heterocycles. The van der Waals surface area contributed by atoms with Gasteiger partial charge in [0, 0.05) is 12.6 Å². The average molecular weight is 201 g/mol. The molecule has 0 aliphatic heterocycles. The summed E-state index contributed by atoms with van der Waals surface area (Å²) in [6.45, 7) is 2.72. The number of aryl methyl sites for hydroxylation is 1. The van der Waals surface area contributed by atoms with E-state index in [0.717, 1.165) is 17.8 Å². The second-order valence-corrected chi connectivity index (χ2v) is 3.63. The lowest BCUT2D eigenvalue weighted by Crippen LogP contribution is -2.04. The zero-order valence-electron chi connectivity index (χ0n) is 8.85. The highest BCUT2D eigenvalue weighted by atomic mass is 15.3. The van der Waals surface area contributed by atoms with Gasteiger partial charge in [-0.2, -0.15) is 5.10 Å². The minimum absolute atomic E-state index is 0.644. The van der Waals surface area contributed by atoms with Crippen LogP contribution in [0.2, 0.25) is 0 Å². The summed E-state index contributed by atoms with van der Waals surface area (Å²) >= 11 is 0. The largest absolute Gasteiger partial charge is 0.330 e. The zero-order valence-corrected chi connectivity index (χ0v) is 8.85. The molecule has 3 nitrogen and oxygen atoms in total. The third kappa shape index (κ3) is 2.25. The second-order valence-electron chi connectivity index (χ2n) is 3.63. The van der Waals surface area contributed by atoms with E-state index in [9.17, 15) is 0 Å². The molecule has 0 aliphatic carbocycles. The molecule has 0 bridgehead atoms. The molecule has 0 saturated heterocycles. The monoisotopic (exact) mass is 201 g/mol. The first-order chi connectivity index (χ1) is 7.29. The summed E-state index contributed by atoms with van der Waals surface area (Å²) in [6.07, 6.45) is 2.80. The molecular weight excluding hydrogens is 186 g/mol. The highest BCUT2D eigenvalue weighted by molar-refractivity contribution is 5.33. The van der Waals surface area contributed by atoms with E-state index in [-0.39, 0.29) is 0 Å². The van der Waals surface area contributed by atoms with E-state index in [0.29, 0.717) is 6.54 Å². The number of nitrogens with zero attached hydrogens (tertiary/aromatic N) is 2. The molecule has 2 aromatic rings. The molecule has 0 atom stereocenters. The number of benzene rings is 1. The standard InChI is InChI=1S/C12H15N3/c1-10-2-4-12(5-3-10)15-9-7-11(14-15)6-8-13/h2-5,7,9H,6,8,13H2,1H3. The number of nitrogens with two attached hydrogens (primary N) is 1. The summed E-state index contributed by atoms with van der Waals surface area (Å²) in [7, 11) is 0. The van der Waals surface area contributed by atoms with Crippen molar-refractivity contribution in [2.24, 2.45) is 5.73 Å². The summed E-state index contributed by atoms with van der Waals surface area (Å²) in [5.41, 5.74) is 8.86. The topological polar surface area (TPSA) is 43.8 Å². The summed E-state index contributed by atoms with van der Waals surface area (Å²) in [5, 5.41) is 4.44. The number of rotatable bonds is 3. The fourth-order valence-electron chi connectivity index (χ4n) is 1.48. The number of hydrogen-bond acceptors (Lipinski definition) is 2. The van der Waals surface area contributed by atoms with Crippen LogP contribution < -0.4 is 5.73 Å². The van der Waals surface area contributed by atoms with Gasteiger partial charge in [0.2, 0.25) is 0 Å². The molecule has 0 spiro atoms. The molecule has 2 N–H and O–H groups in total. The molecule has 15 heavy (non-hydrogen) atoms. The van der Waals surface area contributed by atoms with E-state index in [1.165, 1.54) is 5.56 Å². The fraction of sp³-hybridized carbons (Fsp3) is 0.250. The van der Waals surface area contributed by atoms with E-state index in [2.05, 4.69) is 36.3 Å². The molecule has 0 saturated carbocycles. The Kier molecular flexibility index (Phi) is 2.83. The maximum Gasteiger partial charge on any atom is 0.0645 e. The third-order valence-electron chi connectivity index (χ3n) is 2.34.